The third kappa shape index (κ3) is 2.56. The molecule has 118 valence electrons. The van der Waals surface area contributed by atoms with Gasteiger partial charge in [-0.1, -0.05) is 6.92 Å². The molecule has 3 heterocycles. The van der Waals surface area contributed by atoms with Gasteiger partial charge < -0.3 is 4.90 Å². The highest BCUT2D eigenvalue weighted by Gasteiger charge is 2.53. The zero-order valence-corrected chi connectivity index (χ0v) is 11.9. The minimum absolute atomic E-state index is 0.000578. The molecule has 1 saturated carbocycles. The molecular formula is C14H19F3N2O2. The summed E-state index contributed by atoms with van der Waals surface area (Å²) in [4.78, 5) is 26.9. The molecule has 0 aromatic rings. The van der Waals surface area contributed by atoms with E-state index in [1.807, 2.05) is 11.8 Å². The highest BCUT2D eigenvalue weighted by molar-refractivity contribution is 5.92. The molecule has 1 aliphatic carbocycles. The summed E-state index contributed by atoms with van der Waals surface area (Å²) in [6.07, 6.45) is -2.14. The summed E-state index contributed by atoms with van der Waals surface area (Å²) < 4.78 is 38.1. The molecule has 4 rings (SSSR count). The van der Waals surface area contributed by atoms with Crippen LogP contribution in [-0.2, 0) is 9.59 Å². The van der Waals surface area contributed by atoms with Crippen molar-refractivity contribution >= 4 is 11.7 Å². The summed E-state index contributed by atoms with van der Waals surface area (Å²) >= 11 is 0. The average molecular weight is 304 g/mol. The van der Waals surface area contributed by atoms with Gasteiger partial charge >= 0.3 is 12.1 Å². The summed E-state index contributed by atoms with van der Waals surface area (Å²) in [5.74, 6) is -1.80. The van der Waals surface area contributed by atoms with Gasteiger partial charge in [0.2, 0.25) is 0 Å². The summed E-state index contributed by atoms with van der Waals surface area (Å²) in [6.45, 7) is 3.24. The number of nitrogens with zero attached hydrogens (tertiary/aromatic N) is 2. The van der Waals surface area contributed by atoms with Crippen LogP contribution in [0.2, 0.25) is 0 Å². The van der Waals surface area contributed by atoms with Crippen molar-refractivity contribution in [3.63, 3.8) is 0 Å². The lowest BCUT2D eigenvalue weighted by Crippen LogP contribution is -2.64. The number of piperidine rings is 3. The van der Waals surface area contributed by atoms with Crippen LogP contribution in [0.4, 0.5) is 13.2 Å². The Labute approximate surface area is 121 Å². The fraction of sp³-hybridized carbons (Fsp3) is 0.857. The van der Waals surface area contributed by atoms with Crippen molar-refractivity contribution in [1.82, 2.24) is 9.80 Å². The first-order valence-electron chi connectivity index (χ1n) is 7.38. The number of ketones is 1. The Morgan fingerprint density at radius 1 is 1.33 bits per heavy atom. The molecule has 4 aliphatic rings. The molecule has 0 spiro atoms. The van der Waals surface area contributed by atoms with Gasteiger partial charge in [0.15, 0.2) is 5.78 Å². The molecule has 2 bridgehead atoms. The van der Waals surface area contributed by atoms with Crippen LogP contribution in [0.5, 0.6) is 0 Å². The molecule has 1 amide bonds. The predicted molar refractivity (Wildman–Crippen MR) is 68.5 cm³/mol. The molecule has 0 aromatic heterocycles. The first kappa shape index (κ1) is 14.8. The fourth-order valence-electron chi connectivity index (χ4n) is 3.48. The number of alkyl halides is 3. The van der Waals surface area contributed by atoms with Crippen LogP contribution in [0.15, 0.2) is 0 Å². The molecule has 4 nitrogen and oxygen atoms in total. The first-order valence-corrected chi connectivity index (χ1v) is 7.38. The van der Waals surface area contributed by atoms with Gasteiger partial charge in [-0.05, 0) is 38.8 Å². The highest BCUT2D eigenvalue weighted by Crippen LogP contribution is 2.41. The number of hydrogen-bond acceptors (Lipinski definition) is 3. The molecule has 0 N–H and O–H groups in total. The molecule has 21 heavy (non-hydrogen) atoms. The second-order valence-corrected chi connectivity index (χ2v) is 6.66. The van der Waals surface area contributed by atoms with Gasteiger partial charge in [-0.25, -0.2) is 0 Å². The van der Waals surface area contributed by atoms with E-state index < -0.39 is 23.5 Å². The molecule has 3 saturated heterocycles. The lowest BCUT2D eigenvalue weighted by Gasteiger charge is -2.50. The van der Waals surface area contributed by atoms with Gasteiger partial charge in [-0.15, -0.1) is 0 Å². The van der Waals surface area contributed by atoms with Crippen molar-refractivity contribution in [3.05, 3.63) is 0 Å². The lowest BCUT2D eigenvalue weighted by molar-refractivity contribution is -0.187. The maximum absolute atomic E-state index is 12.7. The van der Waals surface area contributed by atoms with Crippen LogP contribution in [0, 0.1) is 5.41 Å². The minimum atomic E-state index is -4.86. The second-order valence-electron chi connectivity index (χ2n) is 6.66. The smallest absolute Gasteiger partial charge is 0.330 e. The number of carbonyl (C=O) groups is 2. The van der Waals surface area contributed by atoms with Crippen LogP contribution < -0.4 is 0 Å². The number of amides is 1. The number of Topliss-reactive ketones (excluding diaryl/α,β-unsaturated/α-hetero) is 1. The van der Waals surface area contributed by atoms with E-state index >= 15 is 0 Å². The van der Waals surface area contributed by atoms with Gasteiger partial charge in [-0.2, -0.15) is 13.2 Å². The van der Waals surface area contributed by atoms with Gasteiger partial charge in [0.25, 0.3) is 0 Å². The topological polar surface area (TPSA) is 40.6 Å². The molecule has 7 heteroatoms. The monoisotopic (exact) mass is 304 g/mol. The maximum Gasteiger partial charge on any atom is 0.471 e. The van der Waals surface area contributed by atoms with Gasteiger partial charge in [0, 0.05) is 18.0 Å². The maximum atomic E-state index is 12.7. The number of rotatable bonds is 3. The van der Waals surface area contributed by atoms with E-state index in [2.05, 4.69) is 0 Å². The van der Waals surface area contributed by atoms with Crippen LogP contribution in [-0.4, -0.2) is 59.4 Å². The van der Waals surface area contributed by atoms with E-state index in [1.165, 1.54) is 0 Å². The number of fused-ring (bicyclic) bond motifs is 3. The minimum Gasteiger partial charge on any atom is -0.330 e. The molecule has 0 radical (unpaired) electrons. The third-order valence-electron chi connectivity index (χ3n) is 5.10. The van der Waals surface area contributed by atoms with Crippen molar-refractivity contribution in [2.45, 2.75) is 50.9 Å². The fourth-order valence-corrected chi connectivity index (χ4v) is 3.48. The largest absolute Gasteiger partial charge is 0.471 e. The number of halogens is 3. The normalized spacial score (nSPS) is 35.9. The van der Waals surface area contributed by atoms with Crippen molar-refractivity contribution in [2.75, 3.05) is 19.6 Å². The Morgan fingerprint density at radius 2 is 1.90 bits per heavy atom. The van der Waals surface area contributed by atoms with Crippen LogP contribution in [0.25, 0.3) is 0 Å². The Morgan fingerprint density at radius 3 is 2.38 bits per heavy atom. The molecule has 4 fully saturated rings. The zero-order chi connectivity index (χ0) is 15.4. The van der Waals surface area contributed by atoms with E-state index in [0.29, 0.717) is 12.8 Å². The Kier molecular flexibility index (Phi) is 3.31. The van der Waals surface area contributed by atoms with E-state index in [9.17, 15) is 22.8 Å². The summed E-state index contributed by atoms with van der Waals surface area (Å²) in [5, 5.41) is 0. The molecule has 1 unspecified atom stereocenters. The van der Waals surface area contributed by atoms with E-state index in [-0.39, 0.29) is 18.4 Å². The predicted octanol–water partition coefficient (Wildman–Crippen LogP) is 1.59. The van der Waals surface area contributed by atoms with Crippen molar-refractivity contribution in [1.29, 1.82) is 0 Å². The average Bonchev–Trinajstić information content (AvgIpc) is 3.22. The lowest BCUT2D eigenvalue weighted by atomic mass is 9.69. The van der Waals surface area contributed by atoms with Crippen LogP contribution in [0.3, 0.4) is 0 Å². The van der Waals surface area contributed by atoms with Crippen molar-refractivity contribution < 1.29 is 22.8 Å². The summed E-state index contributed by atoms with van der Waals surface area (Å²) in [7, 11) is 0. The SMILES string of the molecule is CC12CCN(CC1)C(CN(C(=O)C(F)(F)F)C1CC1)C2=O. The number of hydrogen-bond donors (Lipinski definition) is 0. The Hall–Kier alpha value is -1.11. The third-order valence-corrected chi connectivity index (χ3v) is 5.10. The Bertz CT molecular complexity index is 457. The van der Waals surface area contributed by atoms with Crippen LogP contribution >= 0.6 is 0 Å². The molecule has 1 atom stereocenters. The molecule has 3 aliphatic heterocycles. The highest BCUT2D eigenvalue weighted by atomic mass is 19.4. The van der Waals surface area contributed by atoms with Crippen LogP contribution in [0.1, 0.15) is 32.6 Å². The number of carbonyl (C=O) groups excluding carboxylic acids is 2. The first-order chi connectivity index (χ1) is 9.72. The summed E-state index contributed by atoms with van der Waals surface area (Å²) in [6, 6.07) is -0.911. The summed E-state index contributed by atoms with van der Waals surface area (Å²) in [5.41, 5.74) is -0.421. The van der Waals surface area contributed by atoms with Gasteiger partial charge in [-0.3, -0.25) is 14.5 Å². The Balaban J connectivity index is 1.77. The standard InChI is InChI=1S/C14H19F3N2O2/c1-13-4-6-18(7-5-13)10(11(13)20)8-19(9-2-3-9)12(21)14(15,16)17/h9-10H,2-8H2,1H3. The van der Waals surface area contributed by atoms with E-state index in [4.69, 9.17) is 0 Å². The quantitative estimate of drug-likeness (QED) is 0.795. The van der Waals surface area contributed by atoms with Crippen molar-refractivity contribution in [3.8, 4) is 0 Å². The van der Waals surface area contributed by atoms with E-state index in [0.717, 1.165) is 30.8 Å². The van der Waals surface area contributed by atoms with Gasteiger partial charge in [0.05, 0.1) is 6.04 Å². The van der Waals surface area contributed by atoms with E-state index in [1.54, 1.807) is 0 Å². The molecular weight excluding hydrogens is 285 g/mol. The second kappa shape index (κ2) is 4.69. The molecule has 0 aromatic carbocycles. The zero-order valence-electron chi connectivity index (χ0n) is 11.9. The van der Waals surface area contributed by atoms with Crippen molar-refractivity contribution in [2.24, 2.45) is 5.41 Å². The van der Waals surface area contributed by atoms with Gasteiger partial charge in [0.1, 0.15) is 0 Å².